The van der Waals surface area contributed by atoms with Gasteiger partial charge in [-0.05, 0) is 30.9 Å². The van der Waals surface area contributed by atoms with E-state index >= 15 is 0 Å². The molecule has 2 aromatic rings. The molecule has 5 nitrogen and oxygen atoms in total. The van der Waals surface area contributed by atoms with Crippen LogP contribution < -0.4 is 10.1 Å². The Kier molecular flexibility index (Phi) is 5.63. The van der Waals surface area contributed by atoms with Crippen molar-refractivity contribution in [1.29, 1.82) is 0 Å². The number of thioether (sulfide) groups is 1. The highest BCUT2D eigenvalue weighted by atomic mass is 35.5. The number of methoxy groups -OCH3 is 1. The number of benzene rings is 1. The van der Waals surface area contributed by atoms with Gasteiger partial charge in [0, 0.05) is 11.9 Å². The molecule has 0 fully saturated rings. The van der Waals surface area contributed by atoms with Gasteiger partial charge in [0.15, 0.2) is 5.16 Å². The summed E-state index contributed by atoms with van der Waals surface area (Å²) < 4.78 is 5.08. The largest absolute Gasteiger partial charge is 0.495 e. The zero-order chi connectivity index (χ0) is 16.1. The fraction of sp³-hybridized carbons (Fsp3) is 0.267. The van der Waals surface area contributed by atoms with E-state index in [0.29, 0.717) is 33.6 Å². The zero-order valence-electron chi connectivity index (χ0n) is 12.5. The number of rotatable bonds is 5. The summed E-state index contributed by atoms with van der Waals surface area (Å²) in [6, 6.07) is 5.07. The van der Waals surface area contributed by atoms with Crippen LogP contribution in [0.15, 0.2) is 29.6 Å². The first-order valence-electron chi connectivity index (χ1n) is 6.63. The lowest BCUT2D eigenvalue weighted by molar-refractivity contribution is 0.102. The molecule has 0 bridgehead atoms. The molecule has 0 aliphatic rings. The third-order valence-corrected chi connectivity index (χ3v) is 3.87. The van der Waals surface area contributed by atoms with E-state index in [-0.39, 0.29) is 5.91 Å². The smallest absolute Gasteiger partial charge is 0.259 e. The normalized spacial score (nSPS) is 10.4. The van der Waals surface area contributed by atoms with E-state index < -0.39 is 0 Å². The third-order valence-electron chi connectivity index (χ3n) is 3.02. The topological polar surface area (TPSA) is 64.1 Å². The number of anilines is 1. The minimum absolute atomic E-state index is 0.259. The average molecular weight is 338 g/mol. The predicted octanol–water partition coefficient (Wildman–Crippen LogP) is 3.68. The molecule has 0 unspecified atom stereocenters. The number of nitrogens with one attached hydrogen (secondary N) is 1. The van der Waals surface area contributed by atoms with Gasteiger partial charge in [-0.15, -0.1) is 0 Å². The van der Waals surface area contributed by atoms with Crippen LogP contribution in [0.2, 0.25) is 5.02 Å². The van der Waals surface area contributed by atoms with Crippen molar-refractivity contribution in [3.05, 3.63) is 40.7 Å². The van der Waals surface area contributed by atoms with Crippen LogP contribution in [-0.4, -0.2) is 29.2 Å². The number of carbonyl (C=O) groups excluding carboxylic acids is 1. The lowest BCUT2D eigenvalue weighted by Gasteiger charge is -2.10. The van der Waals surface area contributed by atoms with Crippen LogP contribution in [0.25, 0.3) is 0 Å². The van der Waals surface area contributed by atoms with E-state index in [1.807, 2.05) is 13.2 Å². The van der Waals surface area contributed by atoms with Crippen LogP contribution in [0.3, 0.4) is 0 Å². The van der Waals surface area contributed by atoms with Crippen LogP contribution >= 0.6 is 23.4 Å². The van der Waals surface area contributed by atoms with Crippen molar-refractivity contribution in [2.24, 2.45) is 0 Å². The molecule has 0 saturated carbocycles. The molecule has 1 aromatic carbocycles. The number of ether oxygens (including phenoxy) is 1. The molecule has 1 heterocycles. The van der Waals surface area contributed by atoms with Crippen molar-refractivity contribution in [2.45, 2.75) is 18.5 Å². The molecule has 0 radical (unpaired) electrons. The highest BCUT2D eigenvalue weighted by Gasteiger charge is 2.14. The summed E-state index contributed by atoms with van der Waals surface area (Å²) >= 11 is 7.50. The Morgan fingerprint density at radius 1 is 1.45 bits per heavy atom. The standard InChI is InChI=1S/C15H16ClN3O2S/c1-4-12-10(8-17-15(19-12)22-3)14(20)18-9-5-6-13(21-2)11(16)7-9/h5-8H,4H2,1-3H3,(H,18,20). The number of carbonyl (C=O) groups is 1. The molecule has 0 aliphatic carbocycles. The summed E-state index contributed by atoms with van der Waals surface area (Å²) in [5.74, 6) is 0.298. The number of hydrogen-bond acceptors (Lipinski definition) is 5. The SMILES string of the molecule is CCc1nc(SC)ncc1C(=O)Nc1ccc(OC)c(Cl)c1. The first-order chi connectivity index (χ1) is 10.6. The van der Waals surface area contributed by atoms with Crippen LogP contribution in [0.1, 0.15) is 23.0 Å². The average Bonchev–Trinajstić information content (AvgIpc) is 2.54. The van der Waals surface area contributed by atoms with Gasteiger partial charge in [0.05, 0.1) is 23.4 Å². The van der Waals surface area contributed by atoms with Gasteiger partial charge in [-0.3, -0.25) is 4.79 Å². The van der Waals surface area contributed by atoms with Gasteiger partial charge in [0.2, 0.25) is 0 Å². The lowest BCUT2D eigenvalue weighted by Crippen LogP contribution is -2.16. The van der Waals surface area contributed by atoms with Gasteiger partial charge < -0.3 is 10.1 Å². The molecule has 1 aromatic heterocycles. The summed E-state index contributed by atoms with van der Waals surface area (Å²) in [6.07, 6.45) is 4.11. The maximum Gasteiger partial charge on any atom is 0.259 e. The van der Waals surface area contributed by atoms with Crippen molar-refractivity contribution in [3.8, 4) is 5.75 Å². The highest BCUT2D eigenvalue weighted by molar-refractivity contribution is 7.98. The molecule has 0 spiro atoms. The van der Waals surface area contributed by atoms with Crippen LogP contribution in [0, 0.1) is 0 Å². The number of nitrogens with zero attached hydrogens (tertiary/aromatic N) is 2. The fourth-order valence-corrected chi connectivity index (χ4v) is 2.52. The van der Waals surface area contributed by atoms with E-state index in [9.17, 15) is 4.79 Å². The van der Waals surface area contributed by atoms with E-state index in [1.54, 1.807) is 24.4 Å². The zero-order valence-corrected chi connectivity index (χ0v) is 14.1. The summed E-state index contributed by atoms with van der Waals surface area (Å²) in [5, 5.41) is 3.89. The Labute approximate surface area is 138 Å². The number of hydrogen-bond donors (Lipinski definition) is 1. The van der Waals surface area contributed by atoms with Gasteiger partial charge in [-0.2, -0.15) is 0 Å². The van der Waals surface area contributed by atoms with E-state index in [0.717, 1.165) is 5.69 Å². The minimum atomic E-state index is -0.259. The predicted molar refractivity (Wildman–Crippen MR) is 89.1 cm³/mol. The molecule has 116 valence electrons. The van der Waals surface area contributed by atoms with Gasteiger partial charge in [0.25, 0.3) is 5.91 Å². The molecule has 0 atom stereocenters. The number of aryl methyl sites for hydroxylation is 1. The quantitative estimate of drug-likeness (QED) is 0.666. The molecule has 1 amide bonds. The highest BCUT2D eigenvalue weighted by Crippen LogP contribution is 2.27. The lowest BCUT2D eigenvalue weighted by atomic mass is 10.1. The molecular formula is C15H16ClN3O2S. The number of aromatic nitrogens is 2. The molecule has 7 heteroatoms. The molecule has 0 saturated heterocycles. The Hall–Kier alpha value is -1.79. The number of amides is 1. The molecule has 1 N–H and O–H groups in total. The number of halogens is 1. The monoisotopic (exact) mass is 337 g/mol. The Morgan fingerprint density at radius 3 is 2.82 bits per heavy atom. The fourth-order valence-electron chi connectivity index (χ4n) is 1.90. The summed E-state index contributed by atoms with van der Waals surface area (Å²) in [7, 11) is 1.54. The van der Waals surface area contributed by atoms with E-state index in [1.165, 1.54) is 18.9 Å². The van der Waals surface area contributed by atoms with Gasteiger partial charge >= 0.3 is 0 Å². The minimum Gasteiger partial charge on any atom is -0.495 e. The Balaban J connectivity index is 2.23. The molecule has 22 heavy (non-hydrogen) atoms. The second-order valence-corrected chi connectivity index (χ2v) is 5.55. The van der Waals surface area contributed by atoms with Crippen LogP contribution in [-0.2, 0) is 6.42 Å². The summed E-state index contributed by atoms with van der Waals surface area (Å²) in [4.78, 5) is 20.9. The molecule has 2 rings (SSSR count). The van der Waals surface area contributed by atoms with Gasteiger partial charge in [-0.25, -0.2) is 9.97 Å². The van der Waals surface area contributed by atoms with Crippen molar-refractivity contribution in [1.82, 2.24) is 9.97 Å². The van der Waals surface area contributed by atoms with Crippen molar-refractivity contribution in [3.63, 3.8) is 0 Å². The van der Waals surface area contributed by atoms with Crippen LogP contribution in [0.5, 0.6) is 5.75 Å². The Bertz CT molecular complexity index is 694. The van der Waals surface area contributed by atoms with Gasteiger partial charge in [-0.1, -0.05) is 30.3 Å². The first-order valence-corrected chi connectivity index (χ1v) is 8.24. The summed E-state index contributed by atoms with van der Waals surface area (Å²) in [5.41, 5.74) is 1.77. The van der Waals surface area contributed by atoms with Crippen molar-refractivity contribution < 1.29 is 9.53 Å². The van der Waals surface area contributed by atoms with Gasteiger partial charge in [0.1, 0.15) is 5.75 Å². The molecular weight excluding hydrogens is 322 g/mol. The second kappa shape index (κ2) is 7.47. The van der Waals surface area contributed by atoms with Crippen molar-refractivity contribution >= 4 is 35.0 Å². The third kappa shape index (κ3) is 3.69. The maximum atomic E-state index is 12.4. The van der Waals surface area contributed by atoms with E-state index in [2.05, 4.69) is 15.3 Å². The van der Waals surface area contributed by atoms with Crippen molar-refractivity contribution in [2.75, 3.05) is 18.7 Å². The van der Waals surface area contributed by atoms with E-state index in [4.69, 9.17) is 16.3 Å². The maximum absolute atomic E-state index is 12.4. The molecule has 0 aliphatic heterocycles. The summed E-state index contributed by atoms with van der Waals surface area (Å²) in [6.45, 7) is 1.95. The van der Waals surface area contributed by atoms with Crippen LogP contribution in [0.4, 0.5) is 5.69 Å². The second-order valence-electron chi connectivity index (χ2n) is 4.37. The Morgan fingerprint density at radius 2 is 2.23 bits per heavy atom. The first kappa shape index (κ1) is 16.6.